The molecule has 0 radical (unpaired) electrons. The summed E-state index contributed by atoms with van der Waals surface area (Å²) in [5.41, 5.74) is 6.49. The fourth-order valence-corrected chi connectivity index (χ4v) is 4.15. The average Bonchev–Trinajstić information content (AvgIpc) is 3.43. The van der Waals surface area contributed by atoms with Crippen LogP contribution in [0.15, 0.2) is 36.7 Å². The Kier molecular flexibility index (Phi) is 8.14. The highest BCUT2D eigenvalue weighted by molar-refractivity contribution is 5.54. The van der Waals surface area contributed by atoms with Crippen LogP contribution in [0.5, 0.6) is 17.2 Å². The highest BCUT2D eigenvalue weighted by Gasteiger charge is 2.44. The Morgan fingerprint density at radius 1 is 1.15 bits per heavy atom. The van der Waals surface area contributed by atoms with Gasteiger partial charge in [0.25, 0.3) is 0 Å². The first kappa shape index (κ1) is 24.8. The third-order valence-corrected chi connectivity index (χ3v) is 6.10. The second-order valence-electron chi connectivity index (χ2n) is 8.41. The number of ether oxygens (including phenoxy) is 5. The molecule has 5 unspecified atom stereocenters. The topological polar surface area (TPSA) is 109 Å². The molecule has 4 rings (SSSR count). The summed E-state index contributed by atoms with van der Waals surface area (Å²) in [7, 11) is 4.86. The standard InChI is InChI=1S/C17H24O5.C8H9N3/c1-5-12-6-11-9-13(22-17(11)21-12)10-7-14(18-2)16(20-4)15(8-10)19-3;1-8(10,6-9)7-3-2-4-11-5-7/h7-8,11-13,17H,5-6,9H2,1-4H3;2-5H,10H2,1H3. The van der Waals surface area contributed by atoms with Crippen LogP contribution in [0.2, 0.25) is 0 Å². The van der Waals surface area contributed by atoms with E-state index < -0.39 is 5.54 Å². The normalized spacial score (nSPS) is 25.1. The van der Waals surface area contributed by atoms with E-state index in [-0.39, 0.29) is 12.4 Å². The maximum Gasteiger partial charge on any atom is 0.203 e. The van der Waals surface area contributed by atoms with Crippen LogP contribution >= 0.6 is 0 Å². The molecule has 1 aromatic heterocycles. The van der Waals surface area contributed by atoms with Gasteiger partial charge in [-0.1, -0.05) is 13.0 Å². The highest BCUT2D eigenvalue weighted by Crippen LogP contribution is 2.48. The summed E-state index contributed by atoms with van der Waals surface area (Å²) in [6.45, 7) is 3.81. The van der Waals surface area contributed by atoms with Crippen molar-refractivity contribution in [1.29, 1.82) is 5.26 Å². The number of hydrogen-bond donors (Lipinski definition) is 1. The maximum absolute atomic E-state index is 8.64. The fourth-order valence-electron chi connectivity index (χ4n) is 4.15. The van der Waals surface area contributed by atoms with E-state index in [9.17, 15) is 0 Å². The Balaban J connectivity index is 0.000000235. The van der Waals surface area contributed by atoms with E-state index in [1.54, 1.807) is 52.8 Å². The molecule has 0 bridgehead atoms. The van der Waals surface area contributed by atoms with Crippen molar-refractivity contribution in [2.24, 2.45) is 11.7 Å². The number of methoxy groups -OCH3 is 3. The Hall–Kier alpha value is -2.86. The van der Waals surface area contributed by atoms with E-state index >= 15 is 0 Å². The van der Waals surface area contributed by atoms with E-state index in [1.165, 1.54) is 0 Å². The Bertz CT molecular complexity index is 921. The summed E-state index contributed by atoms with van der Waals surface area (Å²) < 4.78 is 28.2. The molecule has 2 saturated heterocycles. The number of benzene rings is 1. The highest BCUT2D eigenvalue weighted by atomic mass is 16.7. The molecule has 2 fully saturated rings. The van der Waals surface area contributed by atoms with E-state index in [1.807, 2.05) is 18.2 Å². The molecule has 1 aromatic carbocycles. The molecule has 8 heteroatoms. The van der Waals surface area contributed by atoms with Crippen molar-refractivity contribution in [3.05, 3.63) is 47.8 Å². The van der Waals surface area contributed by atoms with Gasteiger partial charge in [-0.2, -0.15) is 5.26 Å². The van der Waals surface area contributed by atoms with Crippen molar-refractivity contribution in [1.82, 2.24) is 4.98 Å². The second-order valence-corrected chi connectivity index (χ2v) is 8.41. The summed E-state index contributed by atoms with van der Waals surface area (Å²) in [4.78, 5) is 3.87. The molecule has 0 amide bonds. The van der Waals surface area contributed by atoms with Crippen molar-refractivity contribution >= 4 is 0 Å². The van der Waals surface area contributed by atoms with Crippen molar-refractivity contribution in [3.8, 4) is 23.3 Å². The minimum absolute atomic E-state index is 0.0153. The van der Waals surface area contributed by atoms with Gasteiger partial charge in [-0.05, 0) is 49.9 Å². The minimum atomic E-state index is -0.922. The van der Waals surface area contributed by atoms with Crippen LogP contribution in [-0.2, 0) is 15.0 Å². The Morgan fingerprint density at radius 2 is 1.85 bits per heavy atom. The molecule has 0 spiro atoms. The zero-order valence-corrected chi connectivity index (χ0v) is 19.9. The van der Waals surface area contributed by atoms with Crippen LogP contribution in [0, 0.1) is 17.2 Å². The quantitative estimate of drug-likeness (QED) is 0.694. The molecule has 5 atom stereocenters. The lowest BCUT2D eigenvalue weighted by atomic mass is 9.96. The first-order chi connectivity index (χ1) is 15.9. The molecular formula is C25H33N3O5. The number of nitrogens with zero attached hydrogens (tertiary/aromatic N) is 2. The molecule has 178 valence electrons. The van der Waals surface area contributed by atoms with Gasteiger partial charge in [0.2, 0.25) is 5.75 Å². The molecule has 8 nitrogen and oxygen atoms in total. The predicted octanol–water partition coefficient (Wildman–Crippen LogP) is 4.09. The molecule has 2 aliphatic heterocycles. The number of rotatable bonds is 6. The average molecular weight is 456 g/mol. The van der Waals surface area contributed by atoms with Crippen molar-refractivity contribution in [2.45, 2.75) is 57.1 Å². The smallest absolute Gasteiger partial charge is 0.203 e. The van der Waals surface area contributed by atoms with Crippen LogP contribution in [-0.4, -0.2) is 38.7 Å². The van der Waals surface area contributed by atoms with Crippen LogP contribution < -0.4 is 19.9 Å². The van der Waals surface area contributed by atoms with Crippen LogP contribution in [0.1, 0.15) is 50.3 Å². The first-order valence-electron chi connectivity index (χ1n) is 11.1. The SMILES string of the molecule is CC(N)(C#N)c1cccnc1.CCC1CC2CC(c3cc(OC)c(OC)c(OC)c3)OC2O1. The summed E-state index contributed by atoms with van der Waals surface area (Å²) in [5, 5.41) is 8.64. The van der Waals surface area contributed by atoms with Crippen molar-refractivity contribution < 1.29 is 23.7 Å². The molecule has 33 heavy (non-hydrogen) atoms. The zero-order chi connectivity index (χ0) is 24.0. The minimum Gasteiger partial charge on any atom is -0.493 e. The number of fused-ring (bicyclic) bond motifs is 1. The molecule has 2 aliphatic rings. The van der Waals surface area contributed by atoms with E-state index in [0.717, 1.165) is 30.4 Å². The van der Waals surface area contributed by atoms with Gasteiger partial charge in [-0.3, -0.25) is 4.98 Å². The van der Waals surface area contributed by atoms with Crippen LogP contribution in [0.25, 0.3) is 0 Å². The van der Waals surface area contributed by atoms with Crippen LogP contribution in [0.3, 0.4) is 0 Å². The van der Waals surface area contributed by atoms with E-state index in [2.05, 4.69) is 11.9 Å². The zero-order valence-electron chi connectivity index (χ0n) is 19.9. The number of hydrogen-bond acceptors (Lipinski definition) is 8. The Morgan fingerprint density at radius 3 is 2.33 bits per heavy atom. The summed E-state index contributed by atoms with van der Waals surface area (Å²) in [6.07, 6.45) is 6.64. The molecule has 3 heterocycles. The van der Waals surface area contributed by atoms with Gasteiger partial charge in [0.1, 0.15) is 5.54 Å². The molecule has 0 aliphatic carbocycles. The monoisotopic (exact) mass is 455 g/mol. The third kappa shape index (κ3) is 5.56. The van der Waals surface area contributed by atoms with Gasteiger partial charge in [0.05, 0.1) is 39.6 Å². The fraction of sp³-hybridized carbons (Fsp3) is 0.520. The lowest BCUT2D eigenvalue weighted by Crippen LogP contribution is -2.30. The Labute approximate surface area is 195 Å². The van der Waals surface area contributed by atoms with E-state index in [0.29, 0.717) is 29.3 Å². The molecule has 0 saturated carbocycles. The lowest BCUT2D eigenvalue weighted by Gasteiger charge is -2.19. The number of aromatic nitrogens is 1. The predicted molar refractivity (Wildman–Crippen MR) is 123 cm³/mol. The van der Waals surface area contributed by atoms with Crippen LogP contribution in [0.4, 0.5) is 0 Å². The van der Waals surface area contributed by atoms with Gasteiger partial charge in [0.15, 0.2) is 17.8 Å². The third-order valence-electron chi connectivity index (χ3n) is 6.10. The lowest BCUT2D eigenvalue weighted by molar-refractivity contribution is -0.140. The first-order valence-corrected chi connectivity index (χ1v) is 11.1. The van der Waals surface area contributed by atoms with Gasteiger partial charge >= 0.3 is 0 Å². The molecule has 2 aromatic rings. The van der Waals surface area contributed by atoms with Crippen molar-refractivity contribution in [3.63, 3.8) is 0 Å². The van der Waals surface area contributed by atoms with Crippen molar-refractivity contribution in [2.75, 3.05) is 21.3 Å². The second kappa shape index (κ2) is 10.8. The molecule has 2 N–H and O–H groups in total. The number of pyridine rings is 1. The van der Waals surface area contributed by atoms with E-state index in [4.69, 9.17) is 34.7 Å². The largest absolute Gasteiger partial charge is 0.493 e. The van der Waals surface area contributed by atoms with Gasteiger partial charge in [-0.15, -0.1) is 0 Å². The summed E-state index contributed by atoms with van der Waals surface area (Å²) in [5.74, 6) is 2.40. The molecular weight excluding hydrogens is 422 g/mol. The summed E-state index contributed by atoms with van der Waals surface area (Å²) >= 11 is 0. The van der Waals surface area contributed by atoms with Gasteiger partial charge in [0, 0.05) is 23.9 Å². The van der Waals surface area contributed by atoms with Gasteiger partial charge < -0.3 is 29.4 Å². The number of nitrogens with two attached hydrogens (primary N) is 1. The number of nitriles is 1. The maximum atomic E-state index is 8.64. The summed E-state index contributed by atoms with van der Waals surface area (Å²) in [6, 6.07) is 9.47. The van der Waals surface area contributed by atoms with Gasteiger partial charge in [-0.25, -0.2) is 0 Å².